The minimum Gasteiger partial charge on any atom is -0.452 e. The van der Waals surface area contributed by atoms with Crippen LogP contribution in [0.1, 0.15) is 23.3 Å². The first kappa shape index (κ1) is 19.1. The molecule has 0 aliphatic carbocycles. The van der Waals surface area contributed by atoms with Gasteiger partial charge in [-0.05, 0) is 11.1 Å². The molecule has 4 heteroatoms. The quantitative estimate of drug-likeness (QED) is 0.562. The van der Waals surface area contributed by atoms with Crippen molar-refractivity contribution < 1.29 is 19.0 Å². The van der Waals surface area contributed by atoms with E-state index in [9.17, 15) is 4.79 Å². The van der Waals surface area contributed by atoms with Gasteiger partial charge in [-0.2, -0.15) is 0 Å². The fourth-order valence-corrected chi connectivity index (χ4v) is 3.17. The summed E-state index contributed by atoms with van der Waals surface area (Å²) in [7, 11) is 0. The van der Waals surface area contributed by atoms with Gasteiger partial charge in [0.2, 0.25) is 0 Å². The lowest BCUT2D eigenvalue weighted by Crippen LogP contribution is -2.40. The monoisotopic (exact) mass is 364 g/mol. The Morgan fingerprint density at radius 3 is 2.11 bits per heavy atom. The topological polar surface area (TPSA) is 44.8 Å². The van der Waals surface area contributed by atoms with Gasteiger partial charge in [0.25, 0.3) is 0 Å². The maximum absolute atomic E-state index is 12.9. The summed E-state index contributed by atoms with van der Waals surface area (Å²) in [5, 5.41) is 0. The second kappa shape index (κ2) is 9.31. The van der Waals surface area contributed by atoms with Crippen molar-refractivity contribution in [3.05, 3.63) is 97.1 Å². The van der Waals surface area contributed by atoms with E-state index in [-0.39, 0.29) is 12.5 Å². The predicted molar refractivity (Wildman–Crippen MR) is 104 cm³/mol. The zero-order valence-corrected chi connectivity index (χ0v) is 15.2. The average Bonchev–Trinajstić information content (AvgIpc) is 2.71. The van der Waals surface area contributed by atoms with Crippen LogP contribution >= 0.6 is 0 Å². The van der Waals surface area contributed by atoms with Crippen LogP contribution in [0.3, 0.4) is 0 Å². The van der Waals surface area contributed by atoms with Gasteiger partial charge in [0.05, 0.1) is 13.2 Å². The molecular weight excluding hydrogens is 340 g/mol. The molecule has 140 valence electrons. The van der Waals surface area contributed by atoms with Crippen molar-refractivity contribution in [3.63, 3.8) is 0 Å². The maximum atomic E-state index is 12.9. The third kappa shape index (κ3) is 4.54. The highest BCUT2D eigenvalue weighted by Crippen LogP contribution is 2.38. The molecule has 1 aliphatic heterocycles. The summed E-state index contributed by atoms with van der Waals surface area (Å²) in [4.78, 5) is 12.9. The van der Waals surface area contributed by atoms with Crippen LogP contribution in [0.4, 0.5) is 0 Å². The Bertz CT molecular complexity index is 756. The van der Waals surface area contributed by atoms with Gasteiger partial charge in [-0.1, -0.05) is 72.8 Å². The van der Waals surface area contributed by atoms with Crippen LogP contribution in [-0.2, 0) is 19.0 Å². The summed E-state index contributed by atoms with van der Waals surface area (Å²) in [6.45, 7) is 8.03. The highest BCUT2D eigenvalue weighted by atomic mass is 16.6. The summed E-state index contributed by atoms with van der Waals surface area (Å²) in [5.74, 6) is -0.722. The van der Waals surface area contributed by atoms with Crippen LogP contribution in [0.25, 0.3) is 0 Å². The van der Waals surface area contributed by atoms with Crippen LogP contribution < -0.4 is 0 Å². The number of esters is 1. The first-order valence-electron chi connectivity index (χ1n) is 9.01. The standard InChI is InChI=1S/C23H24O4/c1-3-15-25-22-17(4-2)16-26-20(18-11-7-5-8-12-18)21(27-23(22)24)19-13-9-6-10-14-19/h3-14,17,20-22H,1-2,15-16H2/t17-,20-,21-,22+/m1/s1. The van der Waals surface area contributed by atoms with Crippen molar-refractivity contribution in [2.24, 2.45) is 5.92 Å². The van der Waals surface area contributed by atoms with E-state index in [0.29, 0.717) is 6.61 Å². The fourth-order valence-electron chi connectivity index (χ4n) is 3.17. The highest BCUT2D eigenvalue weighted by Gasteiger charge is 2.38. The predicted octanol–water partition coefficient (Wildman–Crippen LogP) is 4.42. The Morgan fingerprint density at radius 2 is 1.56 bits per heavy atom. The fraction of sp³-hybridized carbons (Fsp3) is 0.261. The zero-order valence-electron chi connectivity index (χ0n) is 15.2. The molecule has 1 heterocycles. The third-order valence-electron chi connectivity index (χ3n) is 4.56. The average molecular weight is 364 g/mol. The van der Waals surface area contributed by atoms with Crippen molar-refractivity contribution in [2.75, 3.05) is 13.2 Å². The SMILES string of the molecule is C=CCO[C@@H]1C(=O)O[C@H](c2ccccc2)[C@@H](c2ccccc2)OC[C@H]1C=C. The summed E-state index contributed by atoms with van der Waals surface area (Å²) >= 11 is 0. The lowest BCUT2D eigenvalue weighted by atomic mass is 9.95. The van der Waals surface area contributed by atoms with Crippen molar-refractivity contribution in [2.45, 2.75) is 18.3 Å². The summed E-state index contributed by atoms with van der Waals surface area (Å²) in [5.41, 5.74) is 1.83. The highest BCUT2D eigenvalue weighted by molar-refractivity contribution is 5.76. The summed E-state index contributed by atoms with van der Waals surface area (Å²) in [6.07, 6.45) is 1.53. The minimum atomic E-state index is -0.775. The third-order valence-corrected chi connectivity index (χ3v) is 4.56. The van der Waals surface area contributed by atoms with Crippen molar-refractivity contribution in [3.8, 4) is 0 Å². The maximum Gasteiger partial charge on any atom is 0.336 e. The number of ether oxygens (including phenoxy) is 3. The van der Waals surface area contributed by atoms with Crippen LogP contribution in [0.5, 0.6) is 0 Å². The van der Waals surface area contributed by atoms with Crippen molar-refractivity contribution in [1.82, 2.24) is 0 Å². The van der Waals surface area contributed by atoms with Gasteiger partial charge in [-0.3, -0.25) is 0 Å². The normalized spacial score (nSPS) is 25.7. The number of carbonyl (C=O) groups excluding carboxylic acids is 1. The van der Waals surface area contributed by atoms with E-state index in [2.05, 4.69) is 13.2 Å². The molecule has 4 nitrogen and oxygen atoms in total. The van der Waals surface area contributed by atoms with Gasteiger partial charge in [-0.25, -0.2) is 4.79 Å². The molecule has 0 saturated carbocycles. The van der Waals surface area contributed by atoms with E-state index in [1.54, 1.807) is 12.2 Å². The molecule has 0 amide bonds. The van der Waals surface area contributed by atoms with E-state index in [0.717, 1.165) is 11.1 Å². The molecule has 0 unspecified atom stereocenters. The minimum absolute atomic E-state index is 0.252. The Hall–Kier alpha value is -2.69. The number of carbonyl (C=O) groups is 1. The van der Waals surface area contributed by atoms with Crippen LogP contribution in [0.15, 0.2) is 86.0 Å². The van der Waals surface area contributed by atoms with Gasteiger partial charge in [0.1, 0.15) is 6.10 Å². The number of hydrogen-bond acceptors (Lipinski definition) is 4. The summed E-state index contributed by atoms with van der Waals surface area (Å²) < 4.78 is 17.8. The Morgan fingerprint density at radius 1 is 0.963 bits per heavy atom. The largest absolute Gasteiger partial charge is 0.452 e. The van der Waals surface area contributed by atoms with Crippen LogP contribution in [-0.4, -0.2) is 25.3 Å². The lowest BCUT2D eigenvalue weighted by molar-refractivity contribution is -0.185. The molecule has 0 bridgehead atoms. The molecule has 0 radical (unpaired) electrons. The number of cyclic esters (lactones) is 1. The molecule has 0 aromatic heterocycles. The van der Waals surface area contributed by atoms with Gasteiger partial charge >= 0.3 is 5.97 Å². The second-order valence-corrected chi connectivity index (χ2v) is 6.37. The zero-order chi connectivity index (χ0) is 19.1. The molecule has 2 aromatic rings. The molecular formula is C23H24O4. The van der Waals surface area contributed by atoms with Crippen LogP contribution in [0.2, 0.25) is 0 Å². The second-order valence-electron chi connectivity index (χ2n) is 6.37. The Balaban J connectivity index is 1.97. The molecule has 4 atom stereocenters. The first-order valence-corrected chi connectivity index (χ1v) is 9.01. The molecule has 0 N–H and O–H groups in total. The molecule has 2 aromatic carbocycles. The van der Waals surface area contributed by atoms with Crippen molar-refractivity contribution >= 4 is 5.97 Å². The number of hydrogen-bond donors (Lipinski definition) is 0. The van der Waals surface area contributed by atoms with Gasteiger partial charge in [0.15, 0.2) is 12.2 Å². The Kier molecular flexibility index (Phi) is 6.58. The summed E-state index contributed by atoms with van der Waals surface area (Å²) in [6, 6.07) is 19.4. The van der Waals surface area contributed by atoms with E-state index < -0.39 is 24.3 Å². The van der Waals surface area contributed by atoms with E-state index in [1.165, 1.54) is 0 Å². The number of benzene rings is 2. The molecule has 0 spiro atoms. The van der Waals surface area contributed by atoms with Crippen LogP contribution in [0, 0.1) is 5.92 Å². The molecule has 3 rings (SSSR count). The smallest absolute Gasteiger partial charge is 0.336 e. The molecule has 1 aliphatic rings. The number of rotatable bonds is 6. The molecule has 1 fully saturated rings. The van der Waals surface area contributed by atoms with Gasteiger partial charge in [-0.15, -0.1) is 13.2 Å². The first-order chi connectivity index (χ1) is 13.2. The molecule has 1 saturated heterocycles. The van der Waals surface area contributed by atoms with Gasteiger partial charge < -0.3 is 14.2 Å². The Labute approximate surface area is 160 Å². The van der Waals surface area contributed by atoms with Gasteiger partial charge in [0, 0.05) is 5.92 Å². The van der Waals surface area contributed by atoms with Crippen molar-refractivity contribution in [1.29, 1.82) is 0 Å². The lowest BCUT2D eigenvalue weighted by Gasteiger charge is -2.35. The van der Waals surface area contributed by atoms with E-state index >= 15 is 0 Å². The molecule has 27 heavy (non-hydrogen) atoms. The van der Waals surface area contributed by atoms with E-state index in [4.69, 9.17) is 14.2 Å². The van der Waals surface area contributed by atoms with E-state index in [1.807, 2.05) is 60.7 Å².